The van der Waals surface area contributed by atoms with Crippen LogP contribution in [0.25, 0.3) is 27.6 Å². The lowest BCUT2D eigenvalue weighted by Crippen LogP contribution is -2.23. The number of fused-ring (bicyclic) bond motifs is 3. The Balaban J connectivity index is 1.53. The number of halogens is 1. The number of nitrogens with one attached hydrogen (secondary N) is 2. The van der Waals surface area contributed by atoms with Gasteiger partial charge in [-0.25, -0.2) is 4.98 Å². The summed E-state index contributed by atoms with van der Waals surface area (Å²) in [5.41, 5.74) is 2.49. The van der Waals surface area contributed by atoms with Crippen LogP contribution in [0.5, 0.6) is 11.5 Å². The molecule has 182 valence electrons. The highest BCUT2D eigenvalue weighted by molar-refractivity contribution is 7.99. The van der Waals surface area contributed by atoms with Gasteiger partial charge in [0.1, 0.15) is 22.5 Å². The van der Waals surface area contributed by atoms with Crippen molar-refractivity contribution >= 4 is 56.9 Å². The average Bonchev–Trinajstić information content (AvgIpc) is 3.26. The molecule has 0 atom stereocenters. The maximum Gasteiger partial charge on any atom is 0.283 e. The second-order valence-corrected chi connectivity index (χ2v) is 9.19. The van der Waals surface area contributed by atoms with Crippen molar-refractivity contribution in [1.29, 1.82) is 0 Å². The molecule has 5 rings (SSSR count). The van der Waals surface area contributed by atoms with Crippen LogP contribution in [-0.2, 0) is 4.79 Å². The van der Waals surface area contributed by atoms with E-state index in [0.29, 0.717) is 44.1 Å². The fourth-order valence-electron chi connectivity index (χ4n) is 3.91. The van der Waals surface area contributed by atoms with Gasteiger partial charge in [-0.15, -0.1) is 0 Å². The Kier molecular flexibility index (Phi) is 6.58. The van der Waals surface area contributed by atoms with E-state index in [1.807, 2.05) is 24.3 Å². The molecule has 8 nitrogen and oxygen atoms in total. The Morgan fingerprint density at radius 1 is 1.08 bits per heavy atom. The Hall–Kier alpha value is -3.95. The van der Waals surface area contributed by atoms with Crippen LogP contribution in [0, 0.1) is 0 Å². The van der Waals surface area contributed by atoms with Crippen molar-refractivity contribution < 1.29 is 14.3 Å². The molecule has 0 saturated carbocycles. The average molecular weight is 521 g/mol. The molecule has 0 aliphatic carbocycles. The second kappa shape index (κ2) is 9.96. The van der Waals surface area contributed by atoms with Crippen molar-refractivity contribution in [1.82, 2.24) is 14.5 Å². The number of amides is 1. The minimum atomic E-state index is -0.294. The van der Waals surface area contributed by atoms with Gasteiger partial charge >= 0.3 is 0 Å². The van der Waals surface area contributed by atoms with E-state index in [1.54, 1.807) is 49.6 Å². The van der Waals surface area contributed by atoms with Crippen LogP contribution < -0.4 is 20.3 Å². The van der Waals surface area contributed by atoms with Crippen LogP contribution in [0.2, 0.25) is 5.02 Å². The quantitative estimate of drug-likeness (QED) is 0.224. The summed E-state index contributed by atoms with van der Waals surface area (Å²) in [6.45, 7) is 0. The Labute approximate surface area is 215 Å². The molecule has 1 amide bonds. The molecule has 0 spiro atoms. The van der Waals surface area contributed by atoms with Crippen molar-refractivity contribution in [2.24, 2.45) is 0 Å². The van der Waals surface area contributed by atoms with Gasteiger partial charge in [0.05, 0.1) is 31.3 Å². The van der Waals surface area contributed by atoms with Gasteiger partial charge in [-0.05, 0) is 36.4 Å². The smallest absolute Gasteiger partial charge is 0.283 e. The molecule has 3 aromatic carbocycles. The summed E-state index contributed by atoms with van der Waals surface area (Å²) in [5, 5.41) is 4.52. The predicted molar refractivity (Wildman–Crippen MR) is 143 cm³/mol. The molecule has 0 fully saturated rings. The van der Waals surface area contributed by atoms with Crippen molar-refractivity contribution in [3.63, 3.8) is 0 Å². The van der Waals surface area contributed by atoms with E-state index in [2.05, 4.69) is 10.3 Å². The number of methoxy groups -OCH3 is 2. The van der Waals surface area contributed by atoms with Gasteiger partial charge in [0, 0.05) is 22.0 Å². The van der Waals surface area contributed by atoms with E-state index in [9.17, 15) is 9.59 Å². The number of anilines is 1. The van der Waals surface area contributed by atoms with Gasteiger partial charge in [-0.2, -0.15) is 0 Å². The number of benzene rings is 3. The summed E-state index contributed by atoms with van der Waals surface area (Å²) < 4.78 is 12.1. The Bertz CT molecular complexity index is 1660. The van der Waals surface area contributed by atoms with Crippen LogP contribution in [0.4, 0.5) is 5.69 Å². The maximum atomic E-state index is 13.6. The van der Waals surface area contributed by atoms with Gasteiger partial charge in [0.2, 0.25) is 5.91 Å². The van der Waals surface area contributed by atoms with Crippen LogP contribution in [-0.4, -0.2) is 40.4 Å². The van der Waals surface area contributed by atoms with Crippen LogP contribution in [0.1, 0.15) is 0 Å². The summed E-state index contributed by atoms with van der Waals surface area (Å²) in [6, 6.07) is 19.7. The van der Waals surface area contributed by atoms with Crippen molar-refractivity contribution in [3.05, 3.63) is 82.1 Å². The van der Waals surface area contributed by atoms with Crippen LogP contribution in [0.15, 0.2) is 76.7 Å². The summed E-state index contributed by atoms with van der Waals surface area (Å²) >= 11 is 7.37. The molecule has 2 heterocycles. The highest BCUT2D eigenvalue weighted by Crippen LogP contribution is 2.30. The normalized spacial score (nSPS) is 11.1. The first-order chi connectivity index (χ1) is 17.5. The van der Waals surface area contributed by atoms with Gasteiger partial charge in [-0.3, -0.25) is 14.2 Å². The first-order valence-corrected chi connectivity index (χ1v) is 12.3. The summed E-state index contributed by atoms with van der Waals surface area (Å²) in [5.74, 6) is 0.794. The topological polar surface area (TPSA) is 98.2 Å². The van der Waals surface area contributed by atoms with Gasteiger partial charge in [0.25, 0.3) is 5.56 Å². The molecular weight excluding hydrogens is 500 g/mol. The molecule has 0 aliphatic rings. The Morgan fingerprint density at radius 3 is 2.69 bits per heavy atom. The number of aromatic amines is 1. The molecule has 0 unspecified atom stereocenters. The van der Waals surface area contributed by atoms with E-state index < -0.39 is 0 Å². The third kappa shape index (κ3) is 4.50. The minimum Gasteiger partial charge on any atom is -0.497 e. The van der Waals surface area contributed by atoms with E-state index in [-0.39, 0.29) is 17.2 Å². The number of carbonyl (C=O) groups is 1. The van der Waals surface area contributed by atoms with Crippen molar-refractivity contribution in [2.75, 3.05) is 25.3 Å². The summed E-state index contributed by atoms with van der Waals surface area (Å²) in [4.78, 5) is 34.5. The molecular formula is C26H21ClN4O4S. The molecule has 5 aromatic rings. The monoisotopic (exact) mass is 520 g/mol. The van der Waals surface area contributed by atoms with Gasteiger partial charge in [0.15, 0.2) is 5.16 Å². The molecule has 36 heavy (non-hydrogen) atoms. The van der Waals surface area contributed by atoms with Crippen LogP contribution in [0.3, 0.4) is 0 Å². The Morgan fingerprint density at radius 2 is 1.92 bits per heavy atom. The zero-order chi connectivity index (χ0) is 25.2. The number of aromatic nitrogens is 3. The molecule has 0 aliphatic heterocycles. The second-order valence-electron chi connectivity index (χ2n) is 7.81. The molecule has 0 bridgehead atoms. The lowest BCUT2D eigenvalue weighted by molar-refractivity contribution is -0.113. The number of thioether (sulfide) groups is 1. The third-order valence-electron chi connectivity index (χ3n) is 5.57. The maximum absolute atomic E-state index is 13.6. The van der Waals surface area contributed by atoms with Crippen molar-refractivity contribution in [2.45, 2.75) is 5.16 Å². The fourth-order valence-corrected chi connectivity index (χ4v) is 4.90. The van der Waals surface area contributed by atoms with Gasteiger partial charge < -0.3 is 19.8 Å². The predicted octanol–water partition coefficient (Wildman–Crippen LogP) is 5.27. The van der Waals surface area contributed by atoms with Crippen molar-refractivity contribution in [3.8, 4) is 17.2 Å². The first kappa shape index (κ1) is 23.8. The zero-order valence-corrected chi connectivity index (χ0v) is 20.9. The number of H-pyrrole nitrogens is 1. The number of rotatable bonds is 7. The number of para-hydroxylation sites is 1. The number of hydrogen-bond acceptors (Lipinski definition) is 6. The molecule has 2 aromatic heterocycles. The molecule has 0 saturated heterocycles. The molecule has 0 radical (unpaired) electrons. The largest absolute Gasteiger partial charge is 0.497 e. The number of ether oxygens (including phenoxy) is 2. The summed E-state index contributed by atoms with van der Waals surface area (Å²) in [6.07, 6.45) is 0. The van der Waals surface area contributed by atoms with E-state index in [0.717, 1.165) is 22.7 Å². The highest BCUT2D eigenvalue weighted by Gasteiger charge is 2.19. The minimum absolute atomic E-state index is 0.00122. The van der Waals surface area contributed by atoms with Gasteiger partial charge in [-0.1, -0.05) is 47.6 Å². The SMILES string of the molecule is COc1ccc(OC)c(NC(=O)CSc2nc3c([nH]c4ccccc43)c(=O)n2-c2cccc(Cl)c2)c1. The highest BCUT2D eigenvalue weighted by atomic mass is 35.5. The van der Waals surface area contributed by atoms with E-state index >= 15 is 0 Å². The van der Waals surface area contributed by atoms with E-state index in [4.69, 9.17) is 26.1 Å². The number of hydrogen-bond donors (Lipinski definition) is 2. The summed E-state index contributed by atoms with van der Waals surface area (Å²) in [7, 11) is 3.07. The van der Waals surface area contributed by atoms with E-state index in [1.165, 1.54) is 11.7 Å². The standard InChI is InChI=1S/C26H21ClN4O4S/c1-34-17-10-11-21(35-2)20(13-17)28-22(32)14-36-26-30-23-18-8-3-4-9-19(18)29-24(23)25(33)31(26)16-7-5-6-15(27)12-16/h3-13,29H,14H2,1-2H3,(H,28,32). The lowest BCUT2D eigenvalue weighted by Gasteiger charge is -2.14. The fraction of sp³-hybridized carbons (Fsp3) is 0.115. The zero-order valence-electron chi connectivity index (χ0n) is 19.4. The lowest BCUT2D eigenvalue weighted by atomic mass is 10.2. The van der Waals surface area contributed by atoms with Crippen LogP contribution >= 0.6 is 23.4 Å². The third-order valence-corrected chi connectivity index (χ3v) is 6.75. The number of carbonyl (C=O) groups excluding carboxylic acids is 1. The first-order valence-electron chi connectivity index (χ1n) is 10.9. The molecule has 10 heteroatoms. The number of nitrogens with zero attached hydrogens (tertiary/aromatic N) is 2. The molecule has 2 N–H and O–H groups in total.